The minimum atomic E-state index is -3.59. The summed E-state index contributed by atoms with van der Waals surface area (Å²) in [4.78, 5) is 12.7. The smallest absolute Gasteiger partial charge is 0.255 e. The third-order valence-corrected chi connectivity index (χ3v) is 6.36. The Morgan fingerprint density at radius 3 is 2.41 bits per heavy atom. The summed E-state index contributed by atoms with van der Waals surface area (Å²) in [5, 5.41) is 2.77. The lowest BCUT2D eigenvalue weighted by atomic mass is 10.2. The molecular formula is C20H24N2O6S. The number of carbonyl (C=O) groups excluding carboxylic acids is 1. The van der Waals surface area contributed by atoms with Gasteiger partial charge in [0, 0.05) is 30.4 Å². The minimum Gasteiger partial charge on any atom is -0.493 e. The lowest BCUT2D eigenvalue weighted by molar-refractivity contribution is 0.0730. The van der Waals surface area contributed by atoms with Crippen LogP contribution in [-0.4, -0.2) is 58.7 Å². The molecule has 0 spiro atoms. The molecule has 2 aromatic carbocycles. The van der Waals surface area contributed by atoms with Gasteiger partial charge in [-0.1, -0.05) is 0 Å². The largest absolute Gasteiger partial charge is 0.493 e. The van der Waals surface area contributed by atoms with E-state index in [0.717, 1.165) is 0 Å². The van der Waals surface area contributed by atoms with Gasteiger partial charge >= 0.3 is 0 Å². The van der Waals surface area contributed by atoms with Gasteiger partial charge in [0.2, 0.25) is 10.0 Å². The maximum Gasteiger partial charge on any atom is 0.255 e. The lowest BCUT2D eigenvalue weighted by Crippen LogP contribution is -2.40. The fourth-order valence-electron chi connectivity index (χ4n) is 2.94. The van der Waals surface area contributed by atoms with E-state index in [-0.39, 0.29) is 10.8 Å². The summed E-state index contributed by atoms with van der Waals surface area (Å²) in [6.07, 6.45) is 0. The van der Waals surface area contributed by atoms with Crippen LogP contribution < -0.4 is 14.8 Å². The zero-order chi connectivity index (χ0) is 20.9. The van der Waals surface area contributed by atoms with Gasteiger partial charge in [-0.25, -0.2) is 8.42 Å². The number of sulfonamides is 1. The molecule has 0 radical (unpaired) electrons. The number of rotatable bonds is 7. The number of carbonyl (C=O) groups is 1. The Balaban J connectivity index is 1.72. The van der Waals surface area contributed by atoms with Crippen molar-refractivity contribution in [2.45, 2.75) is 11.8 Å². The maximum absolute atomic E-state index is 12.7. The summed E-state index contributed by atoms with van der Waals surface area (Å²) in [7, 11) is -2.07. The lowest BCUT2D eigenvalue weighted by Gasteiger charge is -2.26. The second kappa shape index (κ2) is 9.25. The number of hydrogen-bond acceptors (Lipinski definition) is 6. The summed E-state index contributed by atoms with van der Waals surface area (Å²) in [6.45, 7) is 3.78. The normalized spacial score (nSPS) is 15.0. The van der Waals surface area contributed by atoms with Crippen LogP contribution in [0.3, 0.4) is 0 Å². The minimum absolute atomic E-state index is 0.152. The molecule has 29 heavy (non-hydrogen) atoms. The molecule has 1 fully saturated rings. The van der Waals surface area contributed by atoms with E-state index >= 15 is 0 Å². The summed E-state index contributed by atoms with van der Waals surface area (Å²) in [5.41, 5.74) is 0.888. The molecule has 1 aliphatic rings. The number of methoxy groups -OCH3 is 1. The van der Waals surface area contributed by atoms with E-state index in [4.69, 9.17) is 14.2 Å². The zero-order valence-electron chi connectivity index (χ0n) is 16.4. The number of morpholine rings is 1. The molecule has 0 atom stereocenters. The van der Waals surface area contributed by atoms with Crippen LogP contribution in [0.5, 0.6) is 11.5 Å². The van der Waals surface area contributed by atoms with Crippen LogP contribution in [-0.2, 0) is 14.8 Å². The zero-order valence-corrected chi connectivity index (χ0v) is 17.2. The van der Waals surface area contributed by atoms with Gasteiger partial charge in [0.15, 0.2) is 11.5 Å². The first-order chi connectivity index (χ1) is 14.0. The molecule has 0 saturated carbocycles. The van der Waals surface area contributed by atoms with Crippen molar-refractivity contribution >= 4 is 21.6 Å². The van der Waals surface area contributed by atoms with Crippen LogP contribution in [0.25, 0.3) is 0 Å². The molecule has 8 nitrogen and oxygen atoms in total. The van der Waals surface area contributed by atoms with Crippen molar-refractivity contribution in [1.29, 1.82) is 0 Å². The van der Waals surface area contributed by atoms with E-state index in [9.17, 15) is 13.2 Å². The van der Waals surface area contributed by atoms with Gasteiger partial charge in [-0.15, -0.1) is 0 Å². The molecule has 1 aliphatic heterocycles. The summed E-state index contributed by atoms with van der Waals surface area (Å²) >= 11 is 0. The molecule has 1 amide bonds. The van der Waals surface area contributed by atoms with Gasteiger partial charge in [-0.2, -0.15) is 4.31 Å². The van der Waals surface area contributed by atoms with Gasteiger partial charge in [-0.05, 0) is 43.3 Å². The molecule has 0 unspecified atom stereocenters. The molecular weight excluding hydrogens is 396 g/mol. The van der Waals surface area contributed by atoms with Crippen molar-refractivity contribution in [2.75, 3.05) is 45.3 Å². The van der Waals surface area contributed by atoms with E-state index in [1.165, 1.54) is 35.7 Å². The first kappa shape index (κ1) is 21.1. The second-order valence-electron chi connectivity index (χ2n) is 6.29. The summed E-state index contributed by atoms with van der Waals surface area (Å²) < 4.78 is 42.6. The highest BCUT2D eigenvalue weighted by molar-refractivity contribution is 7.89. The molecule has 1 heterocycles. The van der Waals surface area contributed by atoms with Crippen LogP contribution in [0.1, 0.15) is 17.3 Å². The Kier molecular flexibility index (Phi) is 6.73. The Labute approximate surface area is 170 Å². The van der Waals surface area contributed by atoms with Crippen LogP contribution in [0, 0.1) is 0 Å². The Hall–Kier alpha value is -2.62. The summed E-state index contributed by atoms with van der Waals surface area (Å²) in [6, 6.07) is 11.0. The van der Waals surface area contributed by atoms with Crippen molar-refractivity contribution in [1.82, 2.24) is 4.31 Å². The number of anilines is 1. The highest BCUT2D eigenvalue weighted by Gasteiger charge is 2.26. The molecule has 0 bridgehead atoms. The molecule has 0 aromatic heterocycles. The number of benzene rings is 2. The molecule has 1 N–H and O–H groups in total. The van der Waals surface area contributed by atoms with Crippen molar-refractivity contribution in [3.8, 4) is 11.5 Å². The van der Waals surface area contributed by atoms with Gasteiger partial charge in [0.25, 0.3) is 5.91 Å². The van der Waals surface area contributed by atoms with Gasteiger partial charge in [-0.3, -0.25) is 4.79 Å². The Bertz CT molecular complexity index is 953. The fourth-order valence-corrected chi connectivity index (χ4v) is 4.35. The molecule has 9 heteroatoms. The van der Waals surface area contributed by atoms with Crippen LogP contribution in [0.2, 0.25) is 0 Å². The van der Waals surface area contributed by atoms with E-state index < -0.39 is 10.0 Å². The molecule has 3 rings (SSSR count). The number of nitrogens with zero attached hydrogens (tertiary/aromatic N) is 1. The average Bonchev–Trinajstić information content (AvgIpc) is 2.75. The van der Waals surface area contributed by atoms with E-state index in [1.807, 2.05) is 6.92 Å². The topological polar surface area (TPSA) is 94.2 Å². The number of ether oxygens (including phenoxy) is 3. The van der Waals surface area contributed by atoms with Crippen LogP contribution >= 0.6 is 0 Å². The number of nitrogens with one attached hydrogen (secondary N) is 1. The highest BCUT2D eigenvalue weighted by atomic mass is 32.2. The Morgan fingerprint density at radius 2 is 1.79 bits per heavy atom. The SMILES string of the molecule is CCOc1ccc(NC(=O)c2ccc(S(=O)(=O)N3CCOCC3)cc2)cc1OC. The van der Waals surface area contributed by atoms with Crippen molar-refractivity contribution in [3.63, 3.8) is 0 Å². The van der Waals surface area contributed by atoms with E-state index in [0.29, 0.717) is 55.7 Å². The monoisotopic (exact) mass is 420 g/mol. The van der Waals surface area contributed by atoms with E-state index in [1.54, 1.807) is 18.2 Å². The number of hydrogen-bond donors (Lipinski definition) is 1. The quantitative estimate of drug-likeness (QED) is 0.739. The first-order valence-electron chi connectivity index (χ1n) is 9.26. The van der Waals surface area contributed by atoms with Crippen LogP contribution in [0.4, 0.5) is 5.69 Å². The predicted octanol–water partition coefficient (Wildman–Crippen LogP) is 2.37. The molecule has 1 saturated heterocycles. The van der Waals surface area contributed by atoms with Crippen LogP contribution in [0.15, 0.2) is 47.4 Å². The second-order valence-corrected chi connectivity index (χ2v) is 8.23. The Morgan fingerprint density at radius 1 is 1.10 bits per heavy atom. The standard InChI is InChI=1S/C20H24N2O6S/c1-3-28-18-9-6-16(14-19(18)26-2)21-20(23)15-4-7-17(8-5-15)29(24,25)22-10-12-27-13-11-22/h4-9,14H,3,10-13H2,1-2H3,(H,21,23). The maximum atomic E-state index is 12.7. The number of amides is 1. The van der Waals surface area contributed by atoms with Crippen molar-refractivity contribution in [3.05, 3.63) is 48.0 Å². The van der Waals surface area contributed by atoms with E-state index in [2.05, 4.69) is 5.32 Å². The van der Waals surface area contributed by atoms with Gasteiger partial charge in [0.1, 0.15) is 0 Å². The first-order valence-corrected chi connectivity index (χ1v) is 10.7. The third-order valence-electron chi connectivity index (χ3n) is 4.45. The predicted molar refractivity (Wildman–Crippen MR) is 108 cm³/mol. The third kappa shape index (κ3) is 4.87. The van der Waals surface area contributed by atoms with Gasteiger partial charge < -0.3 is 19.5 Å². The highest BCUT2D eigenvalue weighted by Crippen LogP contribution is 2.30. The molecule has 0 aliphatic carbocycles. The fraction of sp³-hybridized carbons (Fsp3) is 0.350. The summed E-state index contributed by atoms with van der Waals surface area (Å²) in [5.74, 6) is 0.744. The molecule has 156 valence electrons. The van der Waals surface area contributed by atoms with Crippen molar-refractivity contribution in [2.24, 2.45) is 0 Å². The molecule has 2 aromatic rings. The average molecular weight is 420 g/mol. The van der Waals surface area contributed by atoms with Gasteiger partial charge in [0.05, 0.1) is 31.8 Å². The van der Waals surface area contributed by atoms with Crippen molar-refractivity contribution < 1.29 is 27.4 Å².